The number of hydrogen-bond donors (Lipinski definition) is 1. The van der Waals surface area contributed by atoms with Gasteiger partial charge in [-0.15, -0.1) is 0 Å². The Bertz CT molecular complexity index is 1170. The zero-order valence-corrected chi connectivity index (χ0v) is 15.4. The number of nitrogens with zero attached hydrogens (tertiary/aromatic N) is 3. The molecule has 0 aliphatic carbocycles. The quantitative estimate of drug-likeness (QED) is 0.703. The van der Waals surface area contributed by atoms with Crippen molar-refractivity contribution in [1.29, 1.82) is 0 Å². The average molecular weight is 369 g/mol. The van der Waals surface area contributed by atoms with E-state index in [9.17, 15) is 19.1 Å². The molecule has 2 aromatic heterocycles. The molecule has 1 fully saturated rings. The van der Waals surface area contributed by atoms with Gasteiger partial charge in [-0.3, -0.25) is 9.78 Å². The van der Waals surface area contributed by atoms with Crippen molar-refractivity contribution in [2.45, 2.75) is 20.3 Å². The van der Waals surface area contributed by atoms with Crippen molar-refractivity contribution in [3.63, 3.8) is 0 Å². The Balaban J connectivity index is 2.00. The van der Waals surface area contributed by atoms with Crippen molar-refractivity contribution in [2.75, 3.05) is 18.0 Å². The molecule has 0 radical (unpaired) electrons. The molecule has 1 aliphatic rings. The summed E-state index contributed by atoms with van der Waals surface area (Å²) in [6.45, 7) is 5.80. The molecule has 1 aliphatic heterocycles. The number of fused-ring (bicyclic) bond motifs is 3. The second kappa shape index (κ2) is 5.77. The van der Waals surface area contributed by atoms with Gasteiger partial charge in [-0.2, -0.15) is 0 Å². The fraction of sp³-hybridized carbons (Fsp3) is 0.350. The van der Waals surface area contributed by atoms with E-state index >= 15 is 0 Å². The number of halogens is 1. The fourth-order valence-corrected chi connectivity index (χ4v) is 3.87. The molecule has 6 nitrogen and oxygen atoms in total. The van der Waals surface area contributed by atoms with Gasteiger partial charge in [0.05, 0.1) is 28.3 Å². The van der Waals surface area contributed by atoms with E-state index in [2.05, 4.69) is 18.8 Å². The predicted molar refractivity (Wildman–Crippen MR) is 102 cm³/mol. The number of aromatic carboxylic acids is 1. The van der Waals surface area contributed by atoms with Crippen LogP contribution >= 0.6 is 0 Å². The topological polar surface area (TPSA) is 75.4 Å². The Labute approximate surface area is 154 Å². The van der Waals surface area contributed by atoms with Crippen LogP contribution in [0.3, 0.4) is 0 Å². The second-order valence-electron chi connectivity index (χ2n) is 7.96. The number of hydrogen-bond acceptors (Lipinski definition) is 4. The predicted octanol–water partition coefficient (Wildman–Crippen LogP) is 3.16. The minimum atomic E-state index is -1.31. The van der Waals surface area contributed by atoms with Crippen molar-refractivity contribution < 1.29 is 14.3 Å². The van der Waals surface area contributed by atoms with Gasteiger partial charge < -0.3 is 14.6 Å². The van der Waals surface area contributed by atoms with Gasteiger partial charge >= 0.3 is 5.97 Å². The molecule has 0 bridgehead atoms. The molecule has 0 atom stereocenters. The summed E-state index contributed by atoms with van der Waals surface area (Å²) in [6, 6.07) is 2.96. The largest absolute Gasteiger partial charge is 0.477 e. The SMILES string of the molecule is Cn1cc(C(=O)O)c(=O)c2c3cc(F)c(N4CCC(C)(C)C4)cc3ncc21. The summed E-state index contributed by atoms with van der Waals surface area (Å²) in [6.07, 6.45) is 3.76. The number of pyridine rings is 2. The Kier molecular flexibility index (Phi) is 3.73. The average Bonchev–Trinajstić information content (AvgIpc) is 2.96. The maximum atomic E-state index is 14.9. The summed E-state index contributed by atoms with van der Waals surface area (Å²) in [5, 5.41) is 9.81. The van der Waals surface area contributed by atoms with Gasteiger partial charge in [0, 0.05) is 31.7 Å². The molecule has 0 amide bonds. The Morgan fingerprint density at radius 3 is 2.70 bits per heavy atom. The minimum absolute atomic E-state index is 0.116. The van der Waals surface area contributed by atoms with Gasteiger partial charge in [-0.05, 0) is 24.0 Å². The highest BCUT2D eigenvalue weighted by Crippen LogP contribution is 2.35. The van der Waals surface area contributed by atoms with Crippen molar-refractivity contribution in [1.82, 2.24) is 9.55 Å². The highest BCUT2D eigenvalue weighted by molar-refractivity contribution is 6.07. The van der Waals surface area contributed by atoms with E-state index < -0.39 is 17.2 Å². The molecule has 27 heavy (non-hydrogen) atoms. The molecular formula is C20H20FN3O3. The van der Waals surface area contributed by atoms with Gasteiger partial charge in [-0.1, -0.05) is 13.8 Å². The fourth-order valence-electron chi connectivity index (χ4n) is 3.87. The lowest BCUT2D eigenvalue weighted by Gasteiger charge is -2.22. The third-order valence-corrected chi connectivity index (χ3v) is 5.34. The van der Waals surface area contributed by atoms with E-state index in [-0.39, 0.29) is 16.4 Å². The molecule has 0 saturated carbocycles. The summed E-state index contributed by atoms with van der Waals surface area (Å²) in [4.78, 5) is 30.5. The van der Waals surface area contributed by atoms with Gasteiger partial charge in [0.15, 0.2) is 0 Å². The summed E-state index contributed by atoms with van der Waals surface area (Å²) < 4.78 is 16.5. The molecule has 0 unspecified atom stereocenters. The number of carboxylic acids is 1. The van der Waals surface area contributed by atoms with E-state index in [0.717, 1.165) is 19.5 Å². The van der Waals surface area contributed by atoms with Crippen LogP contribution in [0, 0.1) is 11.2 Å². The number of carbonyl (C=O) groups is 1. The third-order valence-electron chi connectivity index (χ3n) is 5.34. The first-order valence-corrected chi connectivity index (χ1v) is 8.78. The zero-order valence-electron chi connectivity index (χ0n) is 15.4. The van der Waals surface area contributed by atoms with E-state index in [1.807, 2.05) is 4.90 Å². The third kappa shape index (κ3) is 2.74. The lowest BCUT2D eigenvalue weighted by molar-refractivity contribution is 0.0695. The number of anilines is 1. The number of carboxylic acid groups (broad SMARTS) is 1. The summed E-state index contributed by atoms with van der Waals surface area (Å²) in [5.41, 5.74) is 0.548. The second-order valence-corrected chi connectivity index (χ2v) is 7.96. The Morgan fingerprint density at radius 1 is 1.33 bits per heavy atom. The summed E-state index contributed by atoms with van der Waals surface area (Å²) >= 11 is 0. The van der Waals surface area contributed by atoms with Crippen LogP contribution in [0.1, 0.15) is 30.6 Å². The van der Waals surface area contributed by atoms with Crippen molar-refractivity contribution in [2.24, 2.45) is 12.5 Å². The number of rotatable bonds is 2. The van der Waals surface area contributed by atoms with Crippen LogP contribution in [0.25, 0.3) is 21.8 Å². The lowest BCUT2D eigenvalue weighted by Crippen LogP contribution is -2.23. The van der Waals surface area contributed by atoms with Gasteiger partial charge in [0.2, 0.25) is 5.43 Å². The monoisotopic (exact) mass is 369 g/mol. The molecule has 1 aromatic carbocycles. The standard InChI is InChI=1S/C20H20FN3O3/c1-20(2)4-5-24(10-20)15-7-14-11(6-13(15)21)17-16(8-22-14)23(3)9-12(18(17)25)19(26)27/h6-9H,4-5,10H2,1-3H3,(H,26,27). The summed E-state index contributed by atoms with van der Waals surface area (Å²) in [7, 11) is 1.64. The van der Waals surface area contributed by atoms with Crippen LogP contribution in [-0.2, 0) is 7.05 Å². The van der Waals surface area contributed by atoms with Gasteiger partial charge in [-0.25, -0.2) is 9.18 Å². The van der Waals surface area contributed by atoms with Gasteiger partial charge in [0.25, 0.3) is 0 Å². The van der Waals surface area contributed by atoms with Crippen LogP contribution in [0.2, 0.25) is 0 Å². The maximum Gasteiger partial charge on any atom is 0.341 e. The molecule has 140 valence electrons. The first kappa shape index (κ1) is 17.5. The maximum absolute atomic E-state index is 14.9. The molecule has 1 saturated heterocycles. The van der Waals surface area contributed by atoms with Crippen molar-refractivity contribution in [3.05, 3.63) is 46.1 Å². The normalized spacial score (nSPS) is 16.4. The molecule has 3 heterocycles. The summed E-state index contributed by atoms with van der Waals surface area (Å²) in [5.74, 6) is -1.74. The van der Waals surface area contributed by atoms with Crippen molar-refractivity contribution in [3.8, 4) is 0 Å². The molecule has 7 heteroatoms. The number of aryl methyl sites for hydroxylation is 1. The first-order valence-electron chi connectivity index (χ1n) is 8.78. The van der Waals surface area contributed by atoms with Crippen molar-refractivity contribution >= 4 is 33.5 Å². The lowest BCUT2D eigenvalue weighted by atomic mass is 9.93. The first-order chi connectivity index (χ1) is 12.7. The van der Waals surface area contributed by atoms with Gasteiger partial charge in [0.1, 0.15) is 11.4 Å². The Hall–Kier alpha value is -2.96. The van der Waals surface area contributed by atoms with Crippen LogP contribution in [-0.4, -0.2) is 33.7 Å². The molecule has 1 N–H and O–H groups in total. The highest BCUT2D eigenvalue weighted by atomic mass is 19.1. The number of aromatic nitrogens is 2. The minimum Gasteiger partial charge on any atom is -0.477 e. The van der Waals surface area contributed by atoms with Crippen LogP contribution < -0.4 is 10.3 Å². The smallest absolute Gasteiger partial charge is 0.341 e. The number of benzene rings is 1. The molecule has 3 aromatic rings. The van der Waals surface area contributed by atoms with E-state index in [1.54, 1.807) is 13.1 Å². The van der Waals surface area contributed by atoms with Crippen LogP contribution in [0.15, 0.2) is 29.3 Å². The molecule has 0 spiro atoms. The van der Waals surface area contributed by atoms with Crippen LogP contribution in [0.4, 0.5) is 10.1 Å². The zero-order chi connectivity index (χ0) is 19.5. The van der Waals surface area contributed by atoms with E-state index in [1.165, 1.54) is 23.0 Å². The molecule has 4 rings (SSSR count). The van der Waals surface area contributed by atoms with E-state index in [0.29, 0.717) is 22.1 Å². The Morgan fingerprint density at radius 2 is 2.07 bits per heavy atom. The molecular weight excluding hydrogens is 349 g/mol. The van der Waals surface area contributed by atoms with Crippen LogP contribution in [0.5, 0.6) is 0 Å². The highest BCUT2D eigenvalue weighted by Gasteiger charge is 2.31. The van der Waals surface area contributed by atoms with E-state index in [4.69, 9.17) is 0 Å².